The minimum atomic E-state index is -0.215. The molecule has 5 nitrogen and oxygen atoms in total. The monoisotopic (exact) mass is 501 g/mol. The summed E-state index contributed by atoms with van der Waals surface area (Å²) in [6, 6.07) is 12.4. The Labute approximate surface area is 183 Å². The highest BCUT2D eigenvalue weighted by Gasteiger charge is 2.05. The fraction of sp³-hybridized carbons (Fsp3) is 0.381. The van der Waals surface area contributed by atoms with Crippen molar-refractivity contribution in [2.45, 2.75) is 26.8 Å². The Hall–Kier alpha value is -2.03. The highest BCUT2D eigenvalue weighted by molar-refractivity contribution is 14.0. The molecule has 2 N–H and O–H groups in total. The number of nitrogens with one attached hydrogen (secondary N) is 2. The molecule has 154 valence electrons. The van der Waals surface area contributed by atoms with Crippen LogP contribution in [0.15, 0.2) is 47.5 Å². The van der Waals surface area contributed by atoms with E-state index in [1.807, 2.05) is 32.0 Å². The average molecular weight is 501 g/mol. The first-order chi connectivity index (χ1) is 13.2. The summed E-state index contributed by atoms with van der Waals surface area (Å²) in [5.74, 6) is 1.97. The number of halogens is 2. The van der Waals surface area contributed by atoms with Gasteiger partial charge in [-0.25, -0.2) is 9.38 Å². The largest absolute Gasteiger partial charge is 0.493 e. The van der Waals surface area contributed by atoms with Crippen LogP contribution in [-0.2, 0) is 13.0 Å². The molecule has 0 saturated carbocycles. The molecule has 2 aromatic rings. The molecule has 0 bridgehead atoms. The summed E-state index contributed by atoms with van der Waals surface area (Å²) in [5.41, 5.74) is 2.12. The zero-order chi connectivity index (χ0) is 19.5. The Morgan fingerprint density at radius 2 is 1.71 bits per heavy atom. The normalized spacial score (nSPS) is 10.8. The number of guanidine groups is 1. The van der Waals surface area contributed by atoms with Crippen molar-refractivity contribution in [3.63, 3.8) is 0 Å². The van der Waals surface area contributed by atoms with E-state index in [1.165, 1.54) is 12.1 Å². The van der Waals surface area contributed by atoms with Gasteiger partial charge in [0.2, 0.25) is 0 Å². The molecule has 0 radical (unpaired) electrons. The van der Waals surface area contributed by atoms with Gasteiger partial charge in [-0.2, -0.15) is 0 Å². The first-order valence-electron chi connectivity index (χ1n) is 9.22. The molecule has 7 heteroatoms. The SMILES string of the molecule is CCNC(=NCc1ccc(OC)c(OCC)c1)NCCc1ccc(F)cc1.I. The first kappa shape index (κ1) is 24.0. The fourth-order valence-electron chi connectivity index (χ4n) is 2.58. The highest BCUT2D eigenvalue weighted by atomic mass is 127. The van der Waals surface area contributed by atoms with Gasteiger partial charge >= 0.3 is 0 Å². The molecule has 2 rings (SSSR count). The van der Waals surface area contributed by atoms with Gasteiger partial charge in [0.15, 0.2) is 17.5 Å². The molecule has 0 aliphatic rings. The Bertz CT molecular complexity index is 739. The number of rotatable bonds is 9. The van der Waals surface area contributed by atoms with Crippen LogP contribution in [-0.4, -0.2) is 32.8 Å². The van der Waals surface area contributed by atoms with Gasteiger partial charge in [-0.3, -0.25) is 0 Å². The molecule has 2 aromatic carbocycles. The molecule has 0 aliphatic carbocycles. The van der Waals surface area contributed by atoms with Crippen molar-refractivity contribution in [3.8, 4) is 11.5 Å². The van der Waals surface area contributed by atoms with Gasteiger partial charge in [-0.05, 0) is 55.7 Å². The minimum Gasteiger partial charge on any atom is -0.493 e. The van der Waals surface area contributed by atoms with Crippen LogP contribution in [0, 0.1) is 5.82 Å². The summed E-state index contributed by atoms with van der Waals surface area (Å²) in [6.45, 7) is 6.56. The summed E-state index contributed by atoms with van der Waals surface area (Å²) in [6.07, 6.45) is 0.793. The molecule has 0 aliphatic heterocycles. The van der Waals surface area contributed by atoms with E-state index in [-0.39, 0.29) is 29.8 Å². The molecule has 0 unspecified atom stereocenters. The molecule has 0 saturated heterocycles. The van der Waals surface area contributed by atoms with Crippen LogP contribution < -0.4 is 20.1 Å². The van der Waals surface area contributed by atoms with Crippen molar-refractivity contribution < 1.29 is 13.9 Å². The zero-order valence-electron chi connectivity index (χ0n) is 16.6. The highest BCUT2D eigenvalue weighted by Crippen LogP contribution is 2.28. The van der Waals surface area contributed by atoms with Gasteiger partial charge in [-0.15, -0.1) is 24.0 Å². The van der Waals surface area contributed by atoms with Gasteiger partial charge < -0.3 is 20.1 Å². The lowest BCUT2D eigenvalue weighted by Crippen LogP contribution is -2.38. The summed E-state index contributed by atoms with van der Waals surface area (Å²) in [7, 11) is 1.63. The van der Waals surface area contributed by atoms with Crippen molar-refractivity contribution in [1.29, 1.82) is 0 Å². The predicted octanol–water partition coefficient (Wildman–Crippen LogP) is 4.15. The second-order valence-electron chi connectivity index (χ2n) is 5.92. The third-order valence-corrected chi connectivity index (χ3v) is 3.91. The lowest BCUT2D eigenvalue weighted by molar-refractivity contribution is 0.310. The van der Waals surface area contributed by atoms with E-state index in [0.29, 0.717) is 25.4 Å². The van der Waals surface area contributed by atoms with E-state index in [4.69, 9.17) is 9.47 Å². The zero-order valence-corrected chi connectivity index (χ0v) is 19.0. The van der Waals surface area contributed by atoms with Gasteiger partial charge in [-0.1, -0.05) is 18.2 Å². The van der Waals surface area contributed by atoms with Crippen LogP contribution >= 0.6 is 24.0 Å². The van der Waals surface area contributed by atoms with Gasteiger partial charge in [0, 0.05) is 13.1 Å². The number of ether oxygens (including phenoxy) is 2. The second-order valence-corrected chi connectivity index (χ2v) is 5.92. The maximum atomic E-state index is 13.0. The molecule has 0 fully saturated rings. The summed E-state index contributed by atoms with van der Waals surface area (Å²) in [5, 5.41) is 6.54. The van der Waals surface area contributed by atoms with Crippen LogP contribution in [0.4, 0.5) is 4.39 Å². The second kappa shape index (κ2) is 13.2. The van der Waals surface area contributed by atoms with Gasteiger partial charge in [0.05, 0.1) is 20.3 Å². The first-order valence-corrected chi connectivity index (χ1v) is 9.22. The smallest absolute Gasteiger partial charge is 0.191 e. The predicted molar refractivity (Wildman–Crippen MR) is 123 cm³/mol. The standard InChI is InChI=1S/C21H28FN3O2.HI/c1-4-23-21(24-13-12-16-6-9-18(22)10-7-16)25-15-17-8-11-19(26-3)20(14-17)27-5-2;/h6-11,14H,4-5,12-13,15H2,1-3H3,(H2,23,24,25);1H. The quantitative estimate of drug-likeness (QED) is 0.308. The maximum absolute atomic E-state index is 13.0. The molecule has 0 spiro atoms. The number of benzene rings is 2. The third kappa shape index (κ3) is 7.92. The molecule has 28 heavy (non-hydrogen) atoms. The molecule has 0 amide bonds. The number of hydrogen-bond donors (Lipinski definition) is 2. The third-order valence-electron chi connectivity index (χ3n) is 3.91. The molecular weight excluding hydrogens is 472 g/mol. The lowest BCUT2D eigenvalue weighted by atomic mass is 10.1. The minimum absolute atomic E-state index is 0. The number of hydrogen-bond acceptors (Lipinski definition) is 3. The van der Waals surface area contributed by atoms with Crippen LogP contribution in [0.2, 0.25) is 0 Å². The van der Waals surface area contributed by atoms with Crippen molar-refractivity contribution >= 4 is 29.9 Å². The van der Waals surface area contributed by atoms with Crippen LogP contribution in [0.3, 0.4) is 0 Å². The van der Waals surface area contributed by atoms with Crippen LogP contribution in [0.25, 0.3) is 0 Å². The average Bonchev–Trinajstić information content (AvgIpc) is 2.68. The van der Waals surface area contributed by atoms with Gasteiger partial charge in [0.25, 0.3) is 0 Å². The maximum Gasteiger partial charge on any atom is 0.191 e. The molecule has 0 heterocycles. The molecular formula is C21H29FIN3O2. The summed E-state index contributed by atoms with van der Waals surface area (Å²) < 4.78 is 23.9. The fourth-order valence-corrected chi connectivity index (χ4v) is 2.58. The van der Waals surface area contributed by atoms with Crippen molar-refractivity contribution in [2.24, 2.45) is 4.99 Å². The Morgan fingerprint density at radius 1 is 1.00 bits per heavy atom. The van der Waals surface area contributed by atoms with Crippen molar-refractivity contribution in [1.82, 2.24) is 10.6 Å². The summed E-state index contributed by atoms with van der Waals surface area (Å²) in [4.78, 5) is 4.62. The van der Waals surface area contributed by atoms with E-state index in [0.717, 1.165) is 35.8 Å². The van der Waals surface area contributed by atoms with E-state index >= 15 is 0 Å². The topological polar surface area (TPSA) is 54.9 Å². The van der Waals surface area contributed by atoms with Crippen molar-refractivity contribution in [3.05, 3.63) is 59.4 Å². The van der Waals surface area contributed by atoms with Crippen LogP contribution in [0.1, 0.15) is 25.0 Å². The van der Waals surface area contributed by atoms with Crippen LogP contribution in [0.5, 0.6) is 11.5 Å². The Balaban J connectivity index is 0.00000392. The van der Waals surface area contributed by atoms with Crippen molar-refractivity contribution in [2.75, 3.05) is 26.8 Å². The molecule has 0 aromatic heterocycles. The number of methoxy groups -OCH3 is 1. The Morgan fingerprint density at radius 3 is 2.36 bits per heavy atom. The van der Waals surface area contributed by atoms with E-state index < -0.39 is 0 Å². The summed E-state index contributed by atoms with van der Waals surface area (Å²) >= 11 is 0. The van der Waals surface area contributed by atoms with E-state index in [9.17, 15) is 4.39 Å². The van der Waals surface area contributed by atoms with E-state index in [2.05, 4.69) is 15.6 Å². The Kier molecular flexibility index (Phi) is 11.3. The van der Waals surface area contributed by atoms with Gasteiger partial charge in [0.1, 0.15) is 5.82 Å². The lowest BCUT2D eigenvalue weighted by Gasteiger charge is -2.13. The number of aliphatic imine (C=N–C) groups is 1. The van der Waals surface area contributed by atoms with E-state index in [1.54, 1.807) is 19.2 Å². The number of nitrogens with zero attached hydrogens (tertiary/aromatic N) is 1. The molecule has 0 atom stereocenters.